The summed E-state index contributed by atoms with van der Waals surface area (Å²) in [7, 11) is -0.643. The molecule has 1 aliphatic rings. The highest BCUT2D eigenvalue weighted by atomic mass is 32.2. The fraction of sp³-hybridized carbons (Fsp3) is 0.316. The zero-order valence-corrected chi connectivity index (χ0v) is 16.1. The monoisotopic (exact) mass is 389 g/mol. The van der Waals surface area contributed by atoms with E-state index in [9.17, 15) is 13.2 Å². The van der Waals surface area contributed by atoms with Crippen LogP contribution in [-0.4, -0.2) is 52.5 Å². The minimum Gasteiger partial charge on any atom is -0.495 e. The fourth-order valence-corrected chi connectivity index (χ4v) is 4.18. The number of carbonyl (C=O) groups excluding carboxylic acids is 1. The van der Waals surface area contributed by atoms with Gasteiger partial charge in [-0.2, -0.15) is 0 Å². The van der Waals surface area contributed by atoms with E-state index in [0.29, 0.717) is 17.0 Å². The van der Waals surface area contributed by atoms with Gasteiger partial charge in [0, 0.05) is 25.2 Å². The molecule has 1 amide bonds. The summed E-state index contributed by atoms with van der Waals surface area (Å²) >= 11 is 0. The number of nitrogens with one attached hydrogen (secondary N) is 2. The summed E-state index contributed by atoms with van der Waals surface area (Å²) in [4.78, 5) is 14.4. The number of anilines is 1. The van der Waals surface area contributed by atoms with Crippen molar-refractivity contribution in [2.24, 2.45) is 0 Å². The van der Waals surface area contributed by atoms with E-state index in [0.717, 1.165) is 19.5 Å². The predicted molar refractivity (Wildman–Crippen MR) is 104 cm³/mol. The molecule has 144 valence electrons. The van der Waals surface area contributed by atoms with Crippen LogP contribution in [0.5, 0.6) is 5.75 Å². The molecule has 1 heterocycles. The molecule has 8 heteroatoms. The van der Waals surface area contributed by atoms with Crippen molar-refractivity contribution in [1.82, 2.24) is 10.2 Å². The number of rotatable bonds is 6. The molecular formula is C19H23N3O4S. The maximum atomic E-state index is 12.8. The van der Waals surface area contributed by atoms with Crippen molar-refractivity contribution in [2.75, 3.05) is 32.0 Å². The molecule has 1 aliphatic heterocycles. The second-order valence-corrected chi connectivity index (χ2v) is 8.08. The Morgan fingerprint density at radius 1 is 1.22 bits per heavy atom. The van der Waals surface area contributed by atoms with Crippen LogP contribution in [0.3, 0.4) is 0 Å². The lowest BCUT2D eigenvalue weighted by molar-refractivity contribution is 0.0743. The molecule has 7 nitrogen and oxygen atoms in total. The largest absolute Gasteiger partial charge is 0.495 e. The van der Waals surface area contributed by atoms with E-state index in [1.165, 1.54) is 19.2 Å². The summed E-state index contributed by atoms with van der Waals surface area (Å²) < 4.78 is 33.2. The van der Waals surface area contributed by atoms with Gasteiger partial charge in [-0.3, -0.25) is 9.52 Å². The number of hydrogen-bond donors (Lipinski definition) is 2. The summed E-state index contributed by atoms with van der Waals surface area (Å²) in [6.45, 7) is 1.62. The van der Waals surface area contributed by atoms with Crippen LogP contribution in [-0.2, 0) is 10.0 Å². The highest BCUT2D eigenvalue weighted by Gasteiger charge is 2.25. The van der Waals surface area contributed by atoms with Gasteiger partial charge in [-0.15, -0.1) is 0 Å². The summed E-state index contributed by atoms with van der Waals surface area (Å²) in [5.41, 5.74) is 0.679. The molecule has 1 fully saturated rings. The Bertz CT molecular complexity index is 924. The number of methoxy groups -OCH3 is 1. The van der Waals surface area contributed by atoms with E-state index in [1.54, 1.807) is 48.3 Å². The highest BCUT2D eigenvalue weighted by Crippen LogP contribution is 2.26. The van der Waals surface area contributed by atoms with Gasteiger partial charge in [0.1, 0.15) is 5.75 Å². The molecule has 3 rings (SSSR count). The smallest absolute Gasteiger partial charge is 0.262 e. The van der Waals surface area contributed by atoms with Crippen LogP contribution in [0.4, 0.5) is 5.69 Å². The predicted octanol–water partition coefficient (Wildman–Crippen LogP) is 1.93. The first kappa shape index (κ1) is 19.2. The van der Waals surface area contributed by atoms with Gasteiger partial charge >= 0.3 is 0 Å². The first-order valence-corrected chi connectivity index (χ1v) is 10.1. The van der Waals surface area contributed by atoms with E-state index in [1.807, 2.05) is 0 Å². The minimum atomic E-state index is -3.86. The molecule has 0 aliphatic carbocycles. The molecule has 1 saturated heterocycles. The Morgan fingerprint density at radius 3 is 2.70 bits per heavy atom. The van der Waals surface area contributed by atoms with Gasteiger partial charge in [0.25, 0.3) is 15.9 Å². The van der Waals surface area contributed by atoms with Crippen LogP contribution >= 0.6 is 0 Å². The molecule has 2 aromatic rings. The van der Waals surface area contributed by atoms with Gasteiger partial charge in [0.05, 0.1) is 17.7 Å². The molecule has 0 saturated carbocycles. The van der Waals surface area contributed by atoms with E-state index in [2.05, 4.69) is 10.0 Å². The van der Waals surface area contributed by atoms with Crippen molar-refractivity contribution in [3.05, 3.63) is 54.1 Å². The number of amides is 1. The number of carbonyl (C=O) groups is 1. The average Bonchev–Trinajstić information content (AvgIpc) is 3.22. The van der Waals surface area contributed by atoms with Crippen LogP contribution in [0.15, 0.2) is 53.4 Å². The van der Waals surface area contributed by atoms with Gasteiger partial charge in [0.2, 0.25) is 0 Å². The Kier molecular flexibility index (Phi) is 5.67. The normalized spacial score (nSPS) is 16.7. The van der Waals surface area contributed by atoms with E-state index < -0.39 is 10.0 Å². The van der Waals surface area contributed by atoms with Gasteiger partial charge in [-0.05, 0) is 43.3 Å². The van der Waals surface area contributed by atoms with Gasteiger partial charge < -0.3 is 15.0 Å². The van der Waals surface area contributed by atoms with Crippen molar-refractivity contribution < 1.29 is 17.9 Å². The second kappa shape index (κ2) is 7.98. The molecule has 2 N–H and O–H groups in total. The standard InChI is InChI=1S/C19H23N3O4S/c1-22(15-10-11-20-13-15)19(23)14-6-5-7-16(12-14)27(24,25)21-17-8-3-4-9-18(17)26-2/h3-9,12,15,20-21H,10-11,13H2,1-2H3. The van der Waals surface area contributed by atoms with Gasteiger partial charge in [0.15, 0.2) is 0 Å². The molecule has 0 radical (unpaired) electrons. The number of para-hydroxylation sites is 2. The maximum absolute atomic E-state index is 12.8. The van der Waals surface area contributed by atoms with E-state index in [-0.39, 0.29) is 16.8 Å². The number of hydrogen-bond acceptors (Lipinski definition) is 5. The lowest BCUT2D eigenvalue weighted by Crippen LogP contribution is -2.38. The highest BCUT2D eigenvalue weighted by molar-refractivity contribution is 7.92. The number of benzene rings is 2. The molecule has 0 aromatic heterocycles. The Morgan fingerprint density at radius 2 is 2.00 bits per heavy atom. The summed E-state index contributed by atoms with van der Waals surface area (Å²) in [6.07, 6.45) is 0.885. The summed E-state index contributed by atoms with van der Waals surface area (Å²) in [5.74, 6) is 0.222. The first-order valence-electron chi connectivity index (χ1n) is 8.66. The van der Waals surface area contributed by atoms with Gasteiger partial charge in [-0.25, -0.2) is 8.42 Å². The Balaban J connectivity index is 1.84. The molecule has 1 atom stereocenters. The third-order valence-electron chi connectivity index (χ3n) is 4.64. The molecule has 2 aromatic carbocycles. The van der Waals surface area contributed by atoms with Crippen molar-refractivity contribution in [3.8, 4) is 5.75 Å². The Labute approximate surface area is 159 Å². The fourth-order valence-electron chi connectivity index (χ4n) is 3.07. The zero-order valence-electron chi connectivity index (χ0n) is 15.3. The third kappa shape index (κ3) is 4.23. The number of likely N-dealkylation sites (N-methyl/N-ethyl adjacent to an activating group) is 1. The van der Waals surface area contributed by atoms with Crippen molar-refractivity contribution >= 4 is 21.6 Å². The molecule has 27 heavy (non-hydrogen) atoms. The van der Waals surface area contributed by atoms with Crippen LogP contribution < -0.4 is 14.8 Å². The van der Waals surface area contributed by atoms with Crippen molar-refractivity contribution in [1.29, 1.82) is 0 Å². The van der Waals surface area contributed by atoms with Gasteiger partial charge in [-0.1, -0.05) is 18.2 Å². The van der Waals surface area contributed by atoms with E-state index >= 15 is 0 Å². The van der Waals surface area contributed by atoms with Crippen LogP contribution in [0.2, 0.25) is 0 Å². The number of nitrogens with zero attached hydrogens (tertiary/aromatic N) is 1. The minimum absolute atomic E-state index is 0.0252. The molecular weight excluding hydrogens is 366 g/mol. The SMILES string of the molecule is COc1ccccc1NS(=O)(=O)c1cccc(C(=O)N(C)C2CCNC2)c1. The summed E-state index contributed by atoms with van der Waals surface area (Å²) in [6, 6.07) is 12.9. The number of ether oxygens (including phenoxy) is 1. The van der Waals surface area contributed by atoms with Crippen LogP contribution in [0.1, 0.15) is 16.8 Å². The number of sulfonamides is 1. The molecule has 1 unspecified atom stereocenters. The second-order valence-electron chi connectivity index (χ2n) is 6.40. The first-order chi connectivity index (χ1) is 12.9. The lowest BCUT2D eigenvalue weighted by atomic mass is 10.1. The average molecular weight is 389 g/mol. The maximum Gasteiger partial charge on any atom is 0.262 e. The molecule has 0 bridgehead atoms. The zero-order chi connectivity index (χ0) is 19.4. The van der Waals surface area contributed by atoms with Crippen molar-refractivity contribution in [2.45, 2.75) is 17.4 Å². The van der Waals surface area contributed by atoms with Crippen molar-refractivity contribution in [3.63, 3.8) is 0 Å². The third-order valence-corrected chi connectivity index (χ3v) is 6.01. The summed E-state index contributed by atoms with van der Waals surface area (Å²) in [5, 5.41) is 3.22. The lowest BCUT2D eigenvalue weighted by Gasteiger charge is -2.24. The molecule has 0 spiro atoms. The van der Waals surface area contributed by atoms with E-state index in [4.69, 9.17) is 4.74 Å². The van der Waals surface area contributed by atoms with Crippen LogP contribution in [0, 0.1) is 0 Å². The topological polar surface area (TPSA) is 87.7 Å². The Hall–Kier alpha value is -2.58. The quantitative estimate of drug-likeness (QED) is 0.788. The van der Waals surface area contributed by atoms with Crippen LogP contribution in [0.25, 0.3) is 0 Å².